The molecule has 25 heavy (non-hydrogen) atoms. The summed E-state index contributed by atoms with van der Waals surface area (Å²) in [4.78, 5) is 31.7. The highest BCUT2D eigenvalue weighted by atomic mass is 16.1. The fourth-order valence-corrected chi connectivity index (χ4v) is 2.71. The van der Waals surface area contributed by atoms with Crippen molar-refractivity contribution in [1.29, 1.82) is 0 Å². The number of hydrogen-bond donors (Lipinski definition) is 2. The Morgan fingerprint density at radius 1 is 1.16 bits per heavy atom. The molecular formula is C19H20N4O2. The third-order valence-corrected chi connectivity index (χ3v) is 4.21. The fourth-order valence-electron chi connectivity index (χ4n) is 2.71. The SMILES string of the molecule is CN(C)c1ccc2cc(C(=O)CCc3cnc(=O)[nH]c3N)ccc2c1. The van der Waals surface area contributed by atoms with E-state index in [2.05, 4.69) is 16.0 Å². The van der Waals surface area contributed by atoms with Crippen molar-refractivity contribution < 1.29 is 4.79 Å². The Morgan fingerprint density at radius 3 is 2.60 bits per heavy atom. The van der Waals surface area contributed by atoms with Crippen molar-refractivity contribution in [3.8, 4) is 0 Å². The van der Waals surface area contributed by atoms with Gasteiger partial charge in [-0.25, -0.2) is 9.78 Å². The molecule has 1 heterocycles. The number of carbonyl (C=O) groups excluding carboxylic acids is 1. The van der Waals surface area contributed by atoms with Gasteiger partial charge in [-0.3, -0.25) is 9.78 Å². The molecule has 0 saturated carbocycles. The topological polar surface area (TPSA) is 92.1 Å². The number of aromatic amines is 1. The number of aromatic nitrogens is 2. The van der Waals surface area contributed by atoms with Crippen LogP contribution in [0.3, 0.4) is 0 Å². The van der Waals surface area contributed by atoms with E-state index < -0.39 is 5.69 Å². The summed E-state index contributed by atoms with van der Waals surface area (Å²) in [6.45, 7) is 0. The van der Waals surface area contributed by atoms with Gasteiger partial charge in [0.2, 0.25) is 0 Å². The molecule has 0 amide bonds. The molecule has 0 aliphatic rings. The molecule has 6 nitrogen and oxygen atoms in total. The summed E-state index contributed by atoms with van der Waals surface area (Å²) in [5, 5.41) is 2.12. The minimum absolute atomic E-state index is 0.0317. The number of carbonyl (C=O) groups is 1. The Morgan fingerprint density at radius 2 is 1.88 bits per heavy atom. The largest absolute Gasteiger partial charge is 0.385 e. The van der Waals surface area contributed by atoms with Gasteiger partial charge in [0, 0.05) is 43.5 Å². The molecule has 3 rings (SSSR count). The number of anilines is 2. The van der Waals surface area contributed by atoms with Gasteiger partial charge >= 0.3 is 5.69 Å². The van der Waals surface area contributed by atoms with E-state index in [1.165, 1.54) is 6.20 Å². The summed E-state index contributed by atoms with van der Waals surface area (Å²) in [5.41, 5.74) is 7.72. The van der Waals surface area contributed by atoms with E-state index >= 15 is 0 Å². The molecule has 0 fully saturated rings. The highest BCUT2D eigenvalue weighted by molar-refractivity contribution is 6.00. The number of benzene rings is 2. The number of rotatable bonds is 5. The van der Waals surface area contributed by atoms with Crippen LogP contribution in [0.2, 0.25) is 0 Å². The molecule has 0 aliphatic carbocycles. The van der Waals surface area contributed by atoms with Crippen molar-refractivity contribution in [1.82, 2.24) is 9.97 Å². The van der Waals surface area contributed by atoms with E-state index in [1.54, 1.807) is 0 Å². The first kappa shape index (κ1) is 16.7. The molecule has 0 saturated heterocycles. The van der Waals surface area contributed by atoms with E-state index in [4.69, 9.17) is 5.73 Å². The van der Waals surface area contributed by atoms with Crippen LogP contribution in [0.1, 0.15) is 22.3 Å². The van der Waals surface area contributed by atoms with Crippen molar-refractivity contribution in [2.45, 2.75) is 12.8 Å². The van der Waals surface area contributed by atoms with Crippen LogP contribution < -0.4 is 16.3 Å². The van der Waals surface area contributed by atoms with Gasteiger partial charge in [-0.2, -0.15) is 0 Å². The number of fused-ring (bicyclic) bond motifs is 1. The van der Waals surface area contributed by atoms with E-state index in [0.29, 0.717) is 24.0 Å². The van der Waals surface area contributed by atoms with Crippen LogP contribution in [0.4, 0.5) is 11.5 Å². The number of Topliss-reactive ketones (excluding diaryl/α,β-unsaturated/α-hetero) is 1. The Hall–Kier alpha value is -3.15. The molecule has 3 N–H and O–H groups in total. The summed E-state index contributed by atoms with van der Waals surface area (Å²) < 4.78 is 0. The number of hydrogen-bond acceptors (Lipinski definition) is 5. The Labute approximate surface area is 145 Å². The Balaban J connectivity index is 1.77. The van der Waals surface area contributed by atoms with Crippen molar-refractivity contribution in [3.05, 3.63) is 64.2 Å². The molecule has 0 radical (unpaired) electrons. The Bertz CT molecular complexity index is 992. The fraction of sp³-hybridized carbons (Fsp3) is 0.211. The zero-order valence-corrected chi connectivity index (χ0v) is 14.2. The lowest BCUT2D eigenvalue weighted by atomic mass is 10.00. The van der Waals surface area contributed by atoms with Gasteiger partial charge < -0.3 is 10.6 Å². The summed E-state index contributed by atoms with van der Waals surface area (Å²) in [6, 6.07) is 11.9. The lowest BCUT2D eigenvalue weighted by molar-refractivity contribution is 0.0983. The summed E-state index contributed by atoms with van der Waals surface area (Å²) in [5.74, 6) is 0.298. The maximum absolute atomic E-state index is 12.5. The number of nitrogens with two attached hydrogens (primary N) is 1. The van der Waals surface area contributed by atoms with Gasteiger partial charge in [-0.15, -0.1) is 0 Å². The predicted octanol–water partition coefficient (Wildman–Crippen LogP) is 2.39. The van der Waals surface area contributed by atoms with Crippen molar-refractivity contribution in [3.63, 3.8) is 0 Å². The van der Waals surface area contributed by atoms with Crippen LogP contribution >= 0.6 is 0 Å². The second-order valence-corrected chi connectivity index (χ2v) is 6.19. The average molecular weight is 336 g/mol. The maximum atomic E-state index is 12.5. The number of nitrogens with one attached hydrogen (secondary N) is 1. The predicted molar refractivity (Wildman–Crippen MR) is 100 cm³/mol. The second-order valence-electron chi connectivity index (χ2n) is 6.19. The van der Waals surface area contributed by atoms with Gasteiger partial charge in [0.25, 0.3) is 0 Å². The second kappa shape index (κ2) is 6.76. The molecule has 0 bridgehead atoms. The highest BCUT2D eigenvalue weighted by Crippen LogP contribution is 2.23. The molecule has 128 valence electrons. The minimum Gasteiger partial charge on any atom is -0.385 e. The number of H-pyrrole nitrogens is 1. The molecular weight excluding hydrogens is 316 g/mol. The van der Waals surface area contributed by atoms with E-state index in [-0.39, 0.29) is 11.6 Å². The average Bonchev–Trinajstić information content (AvgIpc) is 2.59. The van der Waals surface area contributed by atoms with Gasteiger partial charge in [0.05, 0.1) is 0 Å². The van der Waals surface area contributed by atoms with Crippen LogP contribution in [0.5, 0.6) is 0 Å². The summed E-state index contributed by atoms with van der Waals surface area (Å²) in [6.07, 6.45) is 2.16. The zero-order valence-electron chi connectivity index (χ0n) is 14.2. The van der Waals surface area contributed by atoms with Crippen LogP contribution in [0, 0.1) is 0 Å². The smallest absolute Gasteiger partial charge is 0.346 e. The van der Waals surface area contributed by atoms with Crippen LogP contribution in [-0.2, 0) is 6.42 Å². The van der Waals surface area contributed by atoms with Gasteiger partial charge in [-0.05, 0) is 35.4 Å². The standard InChI is InChI=1S/C19H20N4O2/c1-23(2)16-7-5-12-9-14(4-3-13(12)10-16)17(24)8-6-15-11-21-19(25)22-18(15)20/h3-5,7,9-11H,6,8H2,1-2H3,(H3,20,21,22,25). The Kier molecular flexibility index (Phi) is 4.52. The molecule has 0 spiro atoms. The normalized spacial score (nSPS) is 10.8. The van der Waals surface area contributed by atoms with Crippen molar-refractivity contribution in [2.75, 3.05) is 24.7 Å². The van der Waals surface area contributed by atoms with Gasteiger partial charge in [0.15, 0.2) is 5.78 Å². The molecule has 3 aromatic rings. The highest BCUT2D eigenvalue weighted by Gasteiger charge is 2.10. The first-order valence-corrected chi connectivity index (χ1v) is 8.02. The number of nitrogens with zero attached hydrogens (tertiary/aromatic N) is 2. The minimum atomic E-state index is -0.487. The van der Waals surface area contributed by atoms with E-state index in [0.717, 1.165) is 16.5 Å². The lowest BCUT2D eigenvalue weighted by Crippen LogP contribution is -2.14. The lowest BCUT2D eigenvalue weighted by Gasteiger charge is -2.13. The van der Waals surface area contributed by atoms with Gasteiger partial charge in [0.1, 0.15) is 5.82 Å². The van der Waals surface area contributed by atoms with Gasteiger partial charge in [-0.1, -0.05) is 18.2 Å². The van der Waals surface area contributed by atoms with Crippen LogP contribution in [-0.4, -0.2) is 29.8 Å². The number of nitrogen functional groups attached to an aromatic ring is 1. The molecule has 0 atom stereocenters. The van der Waals surface area contributed by atoms with E-state index in [9.17, 15) is 9.59 Å². The molecule has 0 unspecified atom stereocenters. The molecule has 0 aliphatic heterocycles. The first-order chi connectivity index (χ1) is 11.9. The number of ketones is 1. The third-order valence-electron chi connectivity index (χ3n) is 4.21. The third kappa shape index (κ3) is 3.68. The van der Waals surface area contributed by atoms with Crippen molar-refractivity contribution >= 4 is 28.1 Å². The summed E-state index contributed by atoms with van der Waals surface area (Å²) >= 11 is 0. The molecule has 2 aromatic carbocycles. The monoisotopic (exact) mass is 336 g/mol. The zero-order chi connectivity index (χ0) is 18.0. The van der Waals surface area contributed by atoms with Crippen LogP contribution in [0.25, 0.3) is 10.8 Å². The first-order valence-electron chi connectivity index (χ1n) is 8.02. The van der Waals surface area contributed by atoms with E-state index in [1.807, 2.05) is 49.3 Å². The molecule has 6 heteroatoms. The quantitative estimate of drug-likeness (QED) is 0.698. The molecule has 1 aromatic heterocycles. The summed E-state index contributed by atoms with van der Waals surface area (Å²) in [7, 11) is 3.99. The van der Waals surface area contributed by atoms with Crippen LogP contribution in [0.15, 0.2) is 47.4 Å². The maximum Gasteiger partial charge on any atom is 0.346 e. The van der Waals surface area contributed by atoms with Crippen molar-refractivity contribution in [2.24, 2.45) is 0 Å². The number of aryl methyl sites for hydroxylation is 1.